The molecule has 0 saturated heterocycles. The second-order valence-corrected chi connectivity index (χ2v) is 6.22. The van der Waals surface area contributed by atoms with Crippen molar-refractivity contribution >= 4 is 31.9 Å². The average Bonchev–Trinajstić information content (AvgIpc) is 2.48. The Balaban J connectivity index is 2.08. The normalized spacial score (nSPS) is 10.6. The molecule has 0 atom stereocenters. The highest BCUT2D eigenvalue weighted by Crippen LogP contribution is 2.33. The van der Waals surface area contributed by atoms with Gasteiger partial charge in [-0.2, -0.15) is 0 Å². The molecule has 5 heteroatoms. The average molecular weight is 415 g/mol. The van der Waals surface area contributed by atoms with Gasteiger partial charge in [-0.3, -0.25) is 0 Å². The molecule has 0 amide bonds. The van der Waals surface area contributed by atoms with E-state index in [1.807, 2.05) is 36.4 Å². The first kappa shape index (κ1) is 16.5. The smallest absolute Gasteiger partial charge is 0.141 e. The summed E-state index contributed by atoms with van der Waals surface area (Å²) in [6.07, 6.45) is 0. The van der Waals surface area contributed by atoms with E-state index in [0.717, 1.165) is 39.1 Å². The predicted octanol–water partition coefficient (Wildman–Crippen LogP) is 4.74. The molecular formula is C16H17Br2NO2. The summed E-state index contributed by atoms with van der Waals surface area (Å²) < 4.78 is 13.0. The van der Waals surface area contributed by atoms with Crippen molar-refractivity contribution in [2.75, 3.05) is 20.3 Å². The summed E-state index contributed by atoms with van der Waals surface area (Å²) >= 11 is 6.95. The van der Waals surface area contributed by atoms with Crippen molar-refractivity contribution in [2.45, 2.75) is 6.54 Å². The van der Waals surface area contributed by atoms with E-state index in [0.29, 0.717) is 6.61 Å². The minimum atomic E-state index is 0.696. The molecule has 0 saturated carbocycles. The second-order valence-electron chi connectivity index (χ2n) is 4.45. The molecule has 0 aliphatic rings. The summed E-state index contributed by atoms with van der Waals surface area (Å²) in [6, 6.07) is 13.9. The topological polar surface area (TPSA) is 30.5 Å². The number of halogens is 2. The first-order valence-corrected chi connectivity index (χ1v) is 8.20. The standard InChI is InChI=1S/C16H17Br2NO2/c1-20-9-8-19-11-12-4-2-3-5-15(12)21-16-7-6-13(17)10-14(16)18/h2-7,10,19H,8-9,11H2,1H3. The lowest BCUT2D eigenvalue weighted by molar-refractivity contribution is 0.199. The third-order valence-electron chi connectivity index (χ3n) is 2.88. The Morgan fingerprint density at radius 3 is 2.62 bits per heavy atom. The molecule has 21 heavy (non-hydrogen) atoms. The van der Waals surface area contributed by atoms with Crippen LogP contribution in [0.4, 0.5) is 0 Å². The van der Waals surface area contributed by atoms with E-state index in [4.69, 9.17) is 9.47 Å². The third-order valence-corrected chi connectivity index (χ3v) is 4.00. The highest BCUT2D eigenvalue weighted by molar-refractivity contribution is 9.11. The van der Waals surface area contributed by atoms with Gasteiger partial charge in [-0.15, -0.1) is 0 Å². The van der Waals surface area contributed by atoms with Crippen LogP contribution in [0.1, 0.15) is 5.56 Å². The van der Waals surface area contributed by atoms with Crippen molar-refractivity contribution in [2.24, 2.45) is 0 Å². The number of nitrogens with one attached hydrogen (secondary N) is 1. The molecule has 3 nitrogen and oxygen atoms in total. The van der Waals surface area contributed by atoms with Gasteiger partial charge >= 0.3 is 0 Å². The lowest BCUT2D eigenvalue weighted by atomic mass is 10.2. The van der Waals surface area contributed by atoms with E-state index in [1.54, 1.807) is 7.11 Å². The second kappa shape index (κ2) is 8.54. The van der Waals surface area contributed by atoms with E-state index in [1.165, 1.54) is 0 Å². The number of benzene rings is 2. The molecule has 0 aliphatic carbocycles. The van der Waals surface area contributed by atoms with Crippen LogP contribution < -0.4 is 10.1 Å². The fourth-order valence-electron chi connectivity index (χ4n) is 1.82. The Morgan fingerprint density at radius 1 is 1.05 bits per heavy atom. The quantitative estimate of drug-likeness (QED) is 0.663. The third kappa shape index (κ3) is 5.11. The van der Waals surface area contributed by atoms with E-state index in [-0.39, 0.29) is 0 Å². The van der Waals surface area contributed by atoms with Gasteiger partial charge in [0.05, 0.1) is 11.1 Å². The number of methoxy groups -OCH3 is 1. The van der Waals surface area contributed by atoms with Crippen molar-refractivity contribution in [1.29, 1.82) is 0 Å². The van der Waals surface area contributed by atoms with Crippen LogP contribution in [0.15, 0.2) is 51.4 Å². The monoisotopic (exact) mass is 413 g/mol. The van der Waals surface area contributed by atoms with Gasteiger partial charge in [0.1, 0.15) is 11.5 Å². The van der Waals surface area contributed by atoms with Gasteiger partial charge in [-0.25, -0.2) is 0 Å². The zero-order valence-electron chi connectivity index (χ0n) is 11.7. The molecule has 0 spiro atoms. The zero-order chi connectivity index (χ0) is 15.1. The lowest BCUT2D eigenvalue weighted by Gasteiger charge is -2.13. The number of hydrogen-bond acceptors (Lipinski definition) is 3. The fraction of sp³-hybridized carbons (Fsp3) is 0.250. The number of hydrogen-bond donors (Lipinski definition) is 1. The Morgan fingerprint density at radius 2 is 1.86 bits per heavy atom. The van der Waals surface area contributed by atoms with E-state index in [2.05, 4.69) is 43.2 Å². The molecule has 0 aromatic heterocycles. The number of rotatable bonds is 7. The molecule has 2 aromatic carbocycles. The Labute approximate surface area is 141 Å². The maximum atomic E-state index is 6.01. The minimum absolute atomic E-state index is 0.696. The first-order valence-electron chi connectivity index (χ1n) is 6.61. The van der Waals surface area contributed by atoms with Crippen LogP contribution in [0.25, 0.3) is 0 Å². The molecule has 0 fully saturated rings. The first-order chi connectivity index (χ1) is 10.2. The summed E-state index contributed by atoms with van der Waals surface area (Å²) in [5.41, 5.74) is 1.11. The molecule has 1 N–H and O–H groups in total. The van der Waals surface area contributed by atoms with Crippen molar-refractivity contribution in [3.63, 3.8) is 0 Å². The van der Waals surface area contributed by atoms with Gasteiger partial charge in [0, 0.05) is 30.2 Å². The molecule has 0 radical (unpaired) electrons. The molecule has 2 aromatic rings. The van der Waals surface area contributed by atoms with Gasteiger partial charge in [0.2, 0.25) is 0 Å². The Kier molecular flexibility index (Phi) is 6.70. The lowest BCUT2D eigenvalue weighted by Crippen LogP contribution is -2.18. The highest BCUT2D eigenvalue weighted by Gasteiger charge is 2.07. The summed E-state index contributed by atoms with van der Waals surface area (Å²) in [5.74, 6) is 1.65. The van der Waals surface area contributed by atoms with Crippen LogP contribution in [0, 0.1) is 0 Å². The largest absolute Gasteiger partial charge is 0.456 e. The number of ether oxygens (including phenoxy) is 2. The van der Waals surface area contributed by atoms with E-state index < -0.39 is 0 Å². The van der Waals surface area contributed by atoms with Crippen LogP contribution in [0.5, 0.6) is 11.5 Å². The molecule has 0 aliphatic heterocycles. The van der Waals surface area contributed by atoms with Crippen molar-refractivity contribution in [1.82, 2.24) is 5.32 Å². The Bertz CT molecular complexity index is 590. The van der Waals surface area contributed by atoms with Crippen molar-refractivity contribution in [3.8, 4) is 11.5 Å². The maximum Gasteiger partial charge on any atom is 0.141 e. The minimum Gasteiger partial charge on any atom is -0.456 e. The molecule has 112 valence electrons. The summed E-state index contributed by atoms with van der Waals surface area (Å²) in [6.45, 7) is 2.25. The zero-order valence-corrected chi connectivity index (χ0v) is 14.9. The Hall–Kier alpha value is -0.880. The highest BCUT2D eigenvalue weighted by atomic mass is 79.9. The van der Waals surface area contributed by atoms with Crippen LogP contribution in [-0.2, 0) is 11.3 Å². The fourth-order valence-corrected chi connectivity index (χ4v) is 2.95. The SMILES string of the molecule is COCCNCc1ccccc1Oc1ccc(Br)cc1Br. The van der Waals surface area contributed by atoms with Crippen LogP contribution in [0.2, 0.25) is 0 Å². The van der Waals surface area contributed by atoms with Crippen LogP contribution in [-0.4, -0.2) is 20.3 Å². The molecular weight excluding hydrogens is 398 g/mol. The van der Waals surface area contributed by atoms with Crippen molar-refractivity contribution in [3.05, 3.63) is 57.0 Å². The molecule has 0 unspecified atom stereocenters. The van der Waals surface area contributed by atoms with Crippen molar-refractivity contribution < 1.29 is 9.47 Å². The van der Waals surface area contributed by atoms with Gasteiger partial charge in [-0.05, 0) is 40.2 Å². The van der Waals surface area contributed by atoms with Gasteiger partial charge < -0.3 is 14.8 Å². The van der Waals surface area contributed by atoms with Gasteiger partial charge in [-0.1, -0.05) is 34.1 Å². The summed E-state index contributed by atoms with van der Waals surface area (Å²) in [4.78, 5) is 0. The van der Waals surface area contributed by atoms with Crippen LogP contribution in [0.3, 0.4) is 0 Å². The summed E-state index contributed by atoms with van der Waals surface area (Å²) in [5, 5.41) is 3.33. The maximum absolute atomic E-state index is 6.01. The molecule has 2 rings (SSSR count). The van der Waals surface area contributed by atoms with Gasteiger partial charge in [0.15, 0.2) is 0 Å². The summed E-state index contributed by atoms with van der Waals surface area (Å²) in [7, 11) is 1.70. The van der Waals surface area contributed by atoms with E-state index in [9.17, 15) is 0 Å². The molecule has 0 heterocycles. The van der Waals surface area contributed by atoms with E-state index >= 15 is 0 Å². The molecule has 0 bridgehead atoms. The van der Waals surface area contributed by atoms with Gasteiger partial charge in [0.25, 0.3) is 0 Å². The predicted molar refractivity (Wildman–Crippen MR) is 91.9 cm³/mol. The number of para-hydroxylation sites is 1. The van der Waals surface area contributed by atoms with Crippen LogP contribution >= 0.6 is 31.9 Å².